The van der Waals surface area contributed by atoms with E-state index in [-0.39, 0.29) is 0 Å². The normalized spacial score (nSPS) is 13.7. The van der Waals surface area contributed by atoms with Gasteiger partial charge in [-0.05, 0) is 22.9 Å². The van der Waals surface area contributed by atoms with Gasteiger partial charge in [0.25, 0.3) is 0 Å². The van der Waals surface area contributed by atoms with Crippen molar-refractivity contribution in [3.63, 3.8) is 0 Å². The third-order valence-electron chi connectivity index (χ3n) is 4.63. The maximum atomic E-state index is 5.01. The van der Waals surface area contributed by atoms with E-state index in [1.54, 1.807) is 22.7 Å². The van der Waals surface area contributed by atoms with Crippen LogP contribution in [0.2, 0.25) is 0 Å². The lowest BCUT2D eigenvalue weighted by molar-refractivity contribution is 1.37. The summed E-state index contributed by atoms with van der Waals surface area (Å²) in [5.41, 5.74) is 2.13. The zero-order chi connectivity index (χ0) is 15.4. The summed E-state index contributed by atoms with van der Waals surface area (Å²) in [6.07, 6.45) is 0. The Morgan fingerprint density at radius 1 is 0.625 bits per heavy atom. The highest BCUT2D eigenvalue weighted by atomic mass is 32.1. The molecule has 6 heteroatoms. The van der Waals surface area contributed by atoms with E-state index in [2.05, 4.69) is 35.0 Å². The highest BCUT2D eigenvalue weighted by molar-refractivity contribution is 7.26. The second-order valence-corrected chi connectivity index (χ2v) is 9.81. The fraction of sp³-hybridized carbons (Fsp3) is 0. The summed E-state index contributed by atoms with van der Waals surface area (Å²) in [7, 11) is 0. The fourth-order valence-corrected chi connectivity index (χ4v) is 8.12. The predicted octanol–water partition coefficient (Wildman–Crippen LogP) is 5.34. The molecule has 0 unspecified atom stereocenters. The SMILES string of the molecule is c1cc2sc3c(c2s1)=Nc1c2c(ccc1=3)=c1sc3ccsc3c1=N2. The molecule has 24 heavy (non-hydrogen) atoms. The van der Waals surface area contributed by atoms with Gasteiger partial charge in [0.1, 0.15) is 10.7 Å². The Morgan fingerprint density at radius 3 is 1.62 bits per heavy atom. The first-order chi connectivity index (χ1) is 11.9. The van der Waals surface area contributed by atoms with Crippen molar-refractivity contribution in [2.24, 2.45) is 9.98 Å². The molecule has 0 radical (unpaired) electrons. The maximum absolute atomic E-state index is 5.01. The Labute approximate surface area is 150 Å². The second kappa shape index (κ2) is 4.03. The number of fused-ring (bicyclic) bond motifs is 9. The second-order valence-electron chi connectivity index (χ2n) is 5.87. The minimum Gasteiger partial charge on any atom is -0.243 e. The van der Waals surface area contributed by atoms with Gasteiger partial charge in [0.2, 0.25) is 0 Å². The predicted molar refractivity (Wildman–Crippen MR) is 103 cm³/mol. The van der Waals surface area contributed by atoms with Crippen LogP contribution in [0, 0.1) is 19.5 Å². The van der Waals surface area contributed by atoms with Crippen LogP contribution in [0.3, 0.4) is 0 Å². The van der Waals surface area contributed by atoms with Gasteiger partial charge >= 0.3 is 0 Å². The summed E-state index contributed by atoms with van der Waals surface area (Å²) in [6, 6.07) is 8.87. The molecule has 0 atom stereocenters. The van der Waals surface area contributed by atoms with Crippen LogP contribution in [0.4, 0.5) is 11.4 Å². The number of hydrogen-bond acceptors (Lipinski definition) is 6. The summed E-state index contributed by atoms with van der Waals surface area (Å²) in [5, 5.41) is 9.11. The van der Waals surface area contributed by atoms with Gasteiger partial charge < -0.3 is 0 Å². The average Bonchev–Trinajstić information content (AvgIpc) is 3.33. The van der Waals surface area contributed by atoms with Crippen molar-refractivity contribution >= 4 is 75.5 Å². The summed E-state index contributed by atoms with van der Waals surface area (Å²) in [5.74, 6) is 0. The summed E-state index contributed by atoms with van der Waals surface area (Å²) in [4.78, 5) is 10.0. The minimum absolute atomic E-state index is 1.07. The molecule has 7 rings (SSSR count). The van der Waals surface area contributed by atoms with E-state index >= 15 is 0 Å². The van der Waals surface area contributed by atoms with Crippen molar-refractivity contribution in [3.05, 3.63) is 65.2 Å². The standard InChI is InChI=1S/C18H6N2S4/c1-2-8-12(20-14-16(8)24-10-4-6-22-18(10)14)11-7(1)15-13(19-11)17-9(23-15)3-5-21-17/h1-6H. The first-order valence-electron chi connectivity index (χ1n) is 7.50. The largest absolute Gasteiger partial charge is 0.243 e. The first-order valence-corrected chi connectivity index (χ1v) is 10.9. The lowest BCUT2D eigenvalue weighted by Gasteiger charge is -1.97. The molecule has 5 aromatic rings. The molecule has 2 aliphatic rings. The van der Waals surface area contributed by atoms with Gasteiger partial charge in [-0.1, -0.05) is 12.1 Å². The van der Waals surface area contributed by atoms with Crippen LogP contribution in [-0.4, -0.2) is 0 Å². The molecule has 0 spiro atoms. The number of nitrogens with zero attached hydrogens (tertiary/aromatic N) is 2. The first kappa shape index (κ1) is 12.5. The highest BCUT2D eigenvalue weighted by Gasteiger charge is 2.19. The van der Waals surface area contributed by atoms with Crippen molar-refractivity contribution in [2.45, 2.75) is 0 Å². The van der Waals surface area contributed by atoms with Crippen molar-refractivity contribution in [1.29, 1.82) is 0 Å². The number of hydrogen-bond donors (Lipinski definition) is 0. The lowest BCUT2D eigenvalue weighted by atomic mass is 10.2. The van der Waals surface area contributed by atoms with E-state index in [1.165, 1.54) is 38.3 Å². The molecule has 2 aliphatic heterocycles. The molecule has 2 nitrogen and oxygen atoms in total. The van der Waals surface area contributed by atoms with E-state index in [4.69, 9.17) is 9.98 Å². The lowest BCUT2D eigenvalue weighted by Crippen LogP contribution is -1.93. The van der Waals surface area contributed by atoms with Crippen molar-refractivity contribution < 1.29 is 0 Å². The Morgan fingerprint density at radius 2 is 1.12 bits per heavy atom. The monoisotopic (exact) mass is 378 g/mol. The maximum Gasteiger partial charge on any atom is 0.100 e. The van der Waals surface area contributed by atoms with E-state index < -0.39 is 0 Å². The molecule has 0 aliphatic carbocycles. The summed E-state index contributed by atoms with van der Waals surface area (Å²) < 4.78 is 7.93. The van der Waals surface area contributed by atoms with Crippen molar-refractivity contribution in [3.8, 4) is 0 Å². The van der Waals surface area contributed by atoms with Crippen LogP contribution in [0.15, 0.2) is 45.0 Å². The molecule has 0 saturated heterocycles. The van der Waals surface area contributed by atoms with E-state index in [0.29, 0.717) is 0 Å². The third kappa shape index (κ3) is 1.31. The van der Waals surface area contributed by atoms with Gasteiger partial charge in [-0.2, -0.15) is 0 Å². The van der Waals surface area contributed by atoms with Gasteiger partial charge in [0.05, 0.1) is 29.8 Å². The van der Waals surface area contributed by atoms with Crippen LogP contribution in [0.1, 0.15) is 0 Å². The smallest absolute Gasteiger partial charge is 0.100 e. The highest BCUT2D eigenvalue weighted by Crippen LogP contribution is 2.38. The number of rotatable bonds is 0. The van der Waals surface area contributed by atoms with Gasteiger partial charge in [-0.25, -0.2) is 9.98 Å². The average molecular weight is 379 g/mol. The molecule has 4 aromatic heterocycles. The molecule has 0 saturated carbocycles. The molecule has 0 fully saturated rings. The Kier molecular flexibility index (Phi) is 2.10. The van der Waals surface area contributed by atoms with Gasteiger partial charge in [-0.15, -0.1) is 45.3 Å². The van der Waals surface area contributed by atoms with Gasteiger partial charge in [-0.3, -0.25) is 0 Å². The van der Waals surface area contributed by atoms with E-state index in [1.807, 2.05) is 22.7 Å². The van der Waals surface area contributed by atoms with E-state index in [9.17, 15) is 0 Å². The van der Waals surface area contributed by atoms with Crippen LogP contribution >= 0.6 is 45.3 Å². The zero-order valence-electron chi connectivity index (χ0n) is 12.0. The summed E-state index contributed by atoms with van der Waals surface area (Å²) in [6.45, 7) is 0. The third-order valence-corrected chi connectivity index (χ3v) is 9.09. The Hall–Kier alpha value is -1.86. The van der Waals surface area contributed by atoms with Crippen LogP contribution in [0.25, 0.3) is 18.8 Å². The van der Waals surface area contributed by atoms with Crippen molar-refractivity contribution in [2.75, 3.05) is 0 Å². The quantitative estimate of drug-likeness (QED) is 0.340. The Bertz CT molecular complexity index is 1540. The number of thiophene rings is 4. The molecule has 6 heterocycles. The van der Waals surface area contributed by atoms with Crippen LogP contribution < -0.4 is 10.7 Å². The molecule has 112 valence electrons. The molecule has 0 bridgehead atoms. The fourth-order valence-electron chi connectivity index (χ4n) is 3.59. The minimum atomic E-state index is 1.07. The van der Waals surface area contributed by atoms with Gasteiger partial charge in [0.15, 0.2) is 0 Å². The van der Waals surface area contributed by atoms with Crippen LogP contribution in [-0.2, 0) is 0 Å². The van der Waals surface area contributed by atoms with Crippen molar-refractivity contribution in [1.82, 2.24) is 0 Å². The summed E-state index contributed by atoms with van der Waals surface area (Å²) >= 11 is 7.27. The molecule has 0 amide bonds. The molecule has 0 N–H and O–H groups in total. The molecular formula is C18H6N2S4. The zero-order valence-corrected chi connectivity index (χ0v) is 15.3. The topological polar surface area (TPSA) is 24.7 Å². The van der Waals surface area contributed by atoms with Crippen LogP contribution in [0.5, 0.6) is 0 Å². The van der Waals surface area contributed by atoms with E-state index in [0.717, 1.165) is 22.1 Å². The number of benzene rings is 1. The molecular weight excluding hydrogens is 372 g/mol. The van der Waals surface area contributed by atoms with Gasteiger partial charge in [0, 0.05) is 19.8 Å². The molecule has 1 aromatic carbocycles. The Balaban J connectivity index is 1.75.